The number of nitrogens with one attached hydrogen (secondary N) is 1. The Morgan fingerprint density at radius 3 is 2.60 bits per heavy atom. The maximum atomic E-state index is 12.5. The van der Waals surface area contributed by atoms with E-state index in [4.69, 9.17) is 5.73 Å². The van der Waals surface area contributed by atoms with E-state index in [-0.39, 0.29) is 11.3 Å². The monoisotopic (exact) mass is 275 g/mol. The summed E-state index contributed by atoms with van der Waals surface area (Å²) in [5, 5.41) is 3.03. The van der Waals surface area contributed by atoms with Gasteiger partial charge in [-0.05, 0) is 43.4 Å². The Morgan fingerprint density at radius 1 is 1.45 bits per heavy atom. The fraction of sp³-hybridized carbons (Fsp3) is 0.562. The van der Waals surface area contributed by atoms with Crippen molar-refractivity contribution in [2.24, 2.45) is 17.1 Å². The molecule has 1 aromatic carbocycles. The zero-order valence-electron chi connectivity index (χ0n) is 12.9. The third-order valence-corrected chi connectivity index (χ3v) is 4.30. The van der Waals surface area contributed by atoms with Gasteiger partial charge in [0.15, 0.2) is 0 Å². The van der Waals surface area contributed by atoms with E-state index in [1.165, 1.54) is 5.56 Å². The van der Waals surface area contributed by atoms with E-state index < -0.39 is 0 Å². The molecule has 0 bridgehead atoms. The molecule has 0 heterocycles. The molecule has 2 rings (SSSR count). The smallest absolute Gasteiger partial charge is 0.231 e. The zero-order chi connectivity index (χ0) is 14.9. The molecule has 20 heavy (non-hydrogen) atoms. The molecule has 4 heteroatoms. The first-order valence-corrected chi connectivity index (χ1v) is 7.17. The Kier molecular flexibility index (Phi) is 4.04. The van der Waals surface area contributed by atoms with E-state index >= 15 is 0 Å². The summed E-state index contributed by atoms with van der Waals surface area (Å²) in [6.45, 7) is 4.66. The van der Waals surface area contributed by atoms with Crippen LogP contribution in [0.3, 0.4) is 0 Å². The highest BCUT2D eigenvalue weighted by Gasteiger charge is 2.47. The molecule has 0 atom stereocenters. The lowest BCUT2D eigenvalue weighted by Gasteiger charge is -2.44. The number of amides is 1. The first-order chi connectivity index (χ1) is 9.38. The van der Waals surface area contributed by atoms with Gasteiger partial charge in [0.1, 0.15) is 0 Å². The zero-order valence-corrected chi connectivity index (χ0v) is 12.9. The largest absolute Gasteiger partial charge is 0.377 e. The number of hydrogen-bond donors (Lipinski definition) is 2. The number of nitrogens with two attached hydrogens (primary N) is 1. The molecule has 1 aliphatic carbocycles. The van der Waals surface area contributed by atoms with Gasteiger partial charge in [-0.25, -0.2) is 0 Å². The standard InChI is InChI=1S/C16H25N3O/c1-11-8-16(9-11,10-17)15(20)18-13-6-5-12(2)14(7-13)19(3)4/h5-7,11H,8-10,17H2,1-4H3,(H,18,20). The molecule has 4 nitrogen and oxygen atoms in total. The molecule has 1 amide bonds. The van der Waals surface area contributed by atoms with Crippen LogP contribution in [0.1, 0.15) is 25.3 Å². The number of hydrogen-bond acceptors (Lipinski definition) is 3. The van der Waals surface area contributed by atoms with Gasteiger partial charge >= 0.3 is 0 Å². The van der Waals surface area contributed by atoms with Gasteiger partial charge in [0, 0.05) is 32.0 Å². The number of rotatable bonds is 4. The minimum Gasteiger partial charge on any atom is -0.377 e. The summed E-state index contributed by atoms with van der Waals surface area (Å²) in [7, 11) is 4.01. The highest BCUT2D eigenvalue weighted by Crippen LogP contribution is 2.45. The van der Waals surface area contributed by atoms with Crippen molar-refractivity contribution in [3.05, 3.63) is 23.8 Å². The van der Waals surface area contributed by atoms with Crippen LogP contribution in [0.15, 0.2) is 18.2 Å². The molecule has 0 spiro atoms. The summed E-state index contributed by atoms with van der Waals surface area (Å²) in [6.07, 6.45) is 1.78. The minimum absolute atomic E-state index is 0.0617. The fourth-order valence-corrected chi connectivity index (χ4v) is 3.15. The number of anilines is 2. The summed E-state index contributed by atoms with van der Waals surface area (Å²) in [6, 6.07) is 6.00. The number of nitrogens with zero attached hydrogens (tertiary/aromatic N) is 1. The van der Waals surface area contributed by atoms with Crippen molar-refractivity contribution in [2.75, 3.05) is 30.9 Å². The summed E-state index contributed by atoms with van der Waals surface area (Å²) >= 11 is 0. The van der Waals surface area contributed by atoms with Crippen molar-refractivity contribution in [1.82, 2.24) is 0 Å². The molecule has 0 saturated heterocycles. The second kappa shape index (κ2) is 5.44. The van der Waals surface area contributed by atoms with Crippen molar-refractivity contribution < 1.29 is 4.79 Å². The van der Waals surface area contributed by atoms with Crippen LogP contribution in [0.4, 0.5) is 11.4 Å². The van der Waals surface area contributed by atoms with Gasteiger partial charge in [-0.2, -0.15) is 0 Å². The lowest BCUT2D eigenvalue weighted by Crippen LogP contribution is -2.51. The predicted molar refractivity (Wildman–Crippen MR) is 84.0 cm³/mol. The molecule has 0 unspecified atom stereocenters. The van der Waals surface area contributed by atoms with Gasteiger partial charge in [0.2, 0.25) is 5.91 Å². The second-order valence-corrected chi connectivity index (χ2v) is 6.35. The van der Waals surface area contributed by atoms with Crippen molar-refractivity contribution in [3.8, 4) is 0 Å². The van der Waals surface area contributed by atoms with Gasteiger partial charge in [-0.15, -0.1) is 0 Å². The maximum absolute atomic E-state index is 12.5. The summed E-state index contributed by atoms with van der Waals surface area (Å²) in [5.74, 6) is 0.659. The average molecular weight is 275 g/mol. The van der Waals surface area contributed by atoms with Crippen LogP contribution >= 0.6 is 0 Å². The van der Waals surface area contributed by atoms with Crippen molar-refractivity contribution in [2.45, 2.75) is 26.7 Å². The molecular formula is C16H25N3O. The Hall–Kier alpha value is -1.55. The lowest BCUT2D eigenvalue weighted by atomic mass is 9.62. The number of carbonyl (C=O) groups excluding carboxylic acids is 1. The highest BCUT2D eigenvalue weighted by atomic mass is 16.2. The lowest BCUT2D eigenvalue weighted by molar-refractivity contribution is -0.132. The van der Waals surface area contributed by atoms with Crippen LogP contribution < -0.4 is 16.0 Å². The first kappa shape index (κ1) is 14.9. The average Bonchev–Trinajstić information content (AvgIpc) is 2.36. The molecule has 1 aromatic rings. The number of carbonyl (C=O) groups is 1. The van der Waals surface area contributed by atoms with Gasteiger partial charge in [0.25, 0.3) is 0 Å². The topological polar surface area (TPSA) is 58.4 Å². The molecule has 1 saturated carbocycles. The third kappa shape index (κ3) is 2.66. The predicted octanol–water partition coefficient (Wildman–Crippen LogP) is 2.37. The molecule has 1 aliphatic rings. The molecular weight excluding hydrogens is 250 g/mol. The van der Waals surface area contributed by atoms with Crippen molar-refractivity contribution in [1.29, 1.82) is 0 Å². The maximum Gasteiger partial charge on any atom is 0.231 e. The van der Waals surface area contributed by atoms with Gasteiger partial charge in [-0.3, -0.25) is 4.79 Å². The molecule has 110 valence electrons. The van der Waals surface area contributed by atoms with Crippen LogP contribution in [0, 0.1) is 18.3 Å². The Morgan fingerprint density at radius 2 is 2.10 bits per heavy atom. The van der Waals surface area contributed by atoms with Crippen LogP contribution in [0.5, 0.6) is 0 Å². The van der Waals surface area contributed by atoms with Crippen LogP contribution in [-0.4, -0.2) is 26.5 Å². The van der Waals surface area contributed by atoms with Crippen molar-refractivity contribution >= 4 is 17.3 Å². The first-order valence-electron chi connectivity index (χ1n) is 7.17. The third-order valence-electron chi connectivity index (χ3n) is 4.30. The quantitative estimate of drug-likeness (QED) is 0.887. The summed E-state index contributed by atoms with van der Waals surface area (Å²) in [4.78, 5) is 14.5. The second-order valence-electron chi connectivity index (χ2n) is 6.35. The van der Waals surface area contributed by atoms with Crippen LogP contribution in [0.25, 0.3) is 0 Å². The van der Waals surface area contributed by atoms with E-state index in [2.05, 4.69) is 24.1 Å². The summed E-state index contributed by atoms with van der Waals surface area (Å²) < 4.78 is 0. The molecule has 0 radical (unpaired) electrons. The van der Waals surface area contributed by atoms with Gasteiger partial charge < -0.3 is 16.0 Å². The molecule has 3 N–H and O–H groups in total. The SMILES string of the molecule is Cc1ccc(NC(=O)C2(CN)CC(C)C2)cc1N(C)C. The van der Waals surface area contributed by atoms with E-state index in [0.717, 1.165) is 24.2 Å². The van der Waals surface area contributed by atoms with E-state index in [9.17, 15) is 4.79 Å². The number of aryl methyl sites for hydroxylation is 1. The Bertz CT molecular complexity index is 504. The number of benzene rings is 1. The molecule has 1 fully saturated rings. The molecule has 0 aromatic heterocycles. The highest BCUT2D eigenvalue weighted by molar-refractivity contribution is 5.96. The Labute approximate surface area is 121 Å². The van der Waals surface area contributed by atoms with E-state index in [1.54, 1.807) is 0 Å². The fourth-order valence-electron chi connectivity index (χ4n) is 3.15. The minimum atomic E-state index is -0.359. The van der Waals surface area contributed by atoms with Crippen LogP contribution in [-0.2, 0) is 4.79 Å². The van der Waals surface area contributed by atoms with Crippen LogP contribution in [0.2, 0.25) is 0 Å². The van der Waals surface area contributed by atoms with Gasteiger partial charge in [-0.1, -0.05) is 13.0 Å². The van der Waals surface area contributed by atoms with E-state index in [1.807, 2.05) is 32.3 Å². The Balaban J connectivity index is 2.14. The normalized spacial score (nSPS) is 24.9. The van der Waals surface area contributed by atoms with Crippen molar-refractivity contribution in [3.63, 3.8) is 0 Å². The molecule has 0 aliphatic heterocycles. The van der Waals surface area contributed by atoms with Gasteiger partial charge in [0.05, 0.1) is 5.41 Å². The van der Waals surface area contributed by atoms with E-state index in [0.29, 0.717) is 12.5 Å². The summed E-state index contributed by atoms with van der Waals surface area (Å²) in [5.41, 5.74) is 8.61.